The Hall–Kier alpha value is -2.01. The number of hydrogen-bond acceptors (Lipinski definition) is 3. The van der Waals surface area contributed by atoms with Gasteiger partial charge >= 0.3 is 0 Å². The van der Waals surface area contributed by atoms with Crippen molar-refractivity contribution < 1.29 is 13.9 Å². The summed E-state index contributed by atoms with van der Waals surface area (Å²) < 4.78 is 18.4. The van der Waals surface area contributed by atoms with Gasteiger partial charge in [0.15, 0.2) is 0 Å². The average Bonchev–Trinajstić information content (AvgIpc) is 3.14. The highest BCUT2D eigenvalue weighted by Gasteiger charge is 2.29. The van der Waals surface area contributed by atoms with E-state index in [1.54, 1.807) is 23.9 Å². The van der Waals surface area contributed by atoms with Crippen molar-refractivity contribution in [1.82, 2.24) is 4.90 Å². The number of benzene rings is 2. The predicted molar refractivity (Wildman–Crippen MR) is 103 cm³/mol. The lowest BCUT2D eigenvalue weighted by molar-refractivity contribution is -0.131. The number of hydrogen-bond donors (Lipinski definition) is 0. The number of carbonyl (C=O) groups is 1. The van der Waals surface area contributed by atoms with Gasteiger partial charge in [0.25, 0.3) is 0 Å². The van der Waals surface area contributed by atoms with Crippen LogP contribution < -0.4 is 4.74 Å². The minimum atomic E-state index is -0.235. The molecule has 1 fully saturated rings. The van der Waals surface area contributed by atoms with E-state index in [4.69, 9.17) is 4.74 Å². The highest BCUT2D eigenvalue weighted by Crippen LogP contribution is 2.33. The van der Waals surface area contributed by atoms with E-state index in [-0.39, 0.29) is 17.8 Å². The van der Waals surface area contributed by atoms with Crippen LogP contribution >= 0.6 is 11.8 Å². The second-order valence-corrected chi connectivity index (χ2v) is 7.47. The molecule has 1 aliphatic rings. The highest BCUT2D eigenvalue weighted by atomic mass is 32.2. The number of carbonyl (C=O) groups excluding carboxylic acids is 1. The molecule has 2 aromatic rings. The zero-order chi connectivity index (χ0) is 18.4. The number of halogens is 1. The Morgan fingerprint density at radius 3 is 2.62 bits per heavy atom. The van der Waals surface area contributed by atoms with Crippen molar-refractivity contribution in [2.24, 2.45) is 0 Å². The summed E-state index contributed by atoms with van der Waals surface area (Å²) in [6, 6.07) is 14.6. The zero-order valence-corrected chi connectivity index (χ0v) is 15.8. The standard InChI is InChI=1S/C21H24FNO2S/c1-2-25-18-9-5-16(6-10-18)20-4-3-14-23(20)21(24)13-15-26-19-11-7-17(22)8-12-19/h5-12,20H,2-4,13-15H2,1H3. The van der Waals surface area contributed by atoms with Gasteiger partial charge in [0.1, 0.15) is 11.6 Å². The van der Waals surface area contributed by atoms with Crippen LogP contribution in [0.1, 0.15) is 37.8 Å². The van der Waals surface area contributed by atoms with Crippen molar-refractivity contribution in [3.05, 3.63) is 59.9 Å². The van der Waals surface area contributed by atoms with Crippen molar-refractivity contribution in [3.8, 4) is 5.75 Å². The van der Waals surface area contributed by atoms with Crippen LogP contribution in [-0.2, 0) is 4.79 Å². The highest BCUT2D eigenvalue weighted by molar-refractivity contribution is 7.99. The zero-order valence-electron chi connectivity index (χ0n) is 15.0. The molecule has 0 N–H and O–H groups in total. The van der Waals surface area contributed by atoms with E-state index in [1.165, 1.54) is 17.7 Å². The van der Waals surface area contributed by atoms with Gasteiger partial charge in [-0.1, -0.05) is 12.1 Å². The Morgan fingerprint density at radius 1 is 1.19 bits per heavy atom. The first-order valence-electron chi connectivity index (χ1n) is 9.08. The van der Waals surface area contributed by atoms with E-state index >= 15 is 0 Å². The van der Waals surface area contributed by atoms with Crippen LogP contribution in [0.25, 0.3) is 0 Å². The molecule has 0 bridgehead atoms. The first-order chi connectivity index (χ1) is 12.7. The number of ether oxygens (including phenoxy) is 1. The topological polar surface area (TPSA) is 29.5 Å². The molecule has 1 heterocycles. The van der Waals surface area contributed by atoms with E-state index < -0.39 is 0 Å². The molecule has 1 unspecified atom stereocenters. The fourth-order valence-corrected chi connectivity index (χ4v) is 4.14. The molecule has 0 aliphatic carbocycles. The second kappa shape index (κ2) is 9.08. The Balaban J connectivity index is 1.55. The van der Waals surface area contributed by atoms with Crippen LogP contribution in [-0.4, -0.2) is 29.7 Å². The van der Waals surface area contributed by atoms with Crippen molar-refractivity contribution in [3.63, 3.8) is 0 Å². The number of thioether (sulfide) groups is 1. The molecule has 1 aliphatic heterocycles. The molecule has 3 rings (SSSR count). The molecule has 1 saturated heterocycles. The lowest BCUT2D eigenvalue weighted by Gasteiger charge is -2.25. The van der Waals surface area contributed by atoms with Crippen LogP contribution in [0.5, 0.6) is 5.75 Å². The van der Waals surface area contributed by atoms with Gasteiger partial charge in [-0.05, 0) is 61.7 Å². The van der Waals surface area contributed by atoms with Crippen molar-refractivity contribution >= 4 is 17.7 Å². The maximum Gasteiger partial charge on any atom is 0.223 e. The van der Waals surface area contributed by atoms with E-state index in [0.717, 1.165) is 30.0 Å². The van der Waals surface area contributed by atoms with Gasteiger partial charge in [0.2, 0.25) is 5.91 Å². The third-order valence-electron chi connectivity index (χ3n) is 4.55. The molecule has 1 amide bonds. The summed E-state index contributed by atoms with van der Waals surface area (Å²) in [4.78, 5) is 15.7. The molecule has 3 nitrogen and oxygen atoms in total. The molecule has 2 aromatic carbocycles. The summed E-state index contributed by atoms with van der Waals surface area (Å²) in [7, 11) is 0. The van der Waals surface area contributed by atoms with Gasteiger partial charge in [-0.2, -0.15) is 0 Å². The Labute approximate surface area is 158 Å². The first kappa shape index (κ1) is 18.8. The van der Waals surface area contributed by atoms with Crippen LogP contribution in [0.3, 0.4) is 0 Å². The fourth-order valence-electron chi connectivity index (χ4n) is 3.30. The van der Waals surface area contributed by atoms with Crippen LogP contribution in [0.2, 0.25) is 0 Å². The van der Waals surface area contributed by atoms with Crippen molar-refractivity contribution in [2.75, 3.05) is 18.9 Å². The summed E-state index contributed by atoms with van der Waals surface area (Å²) in [5, 5.41) is 0. The van der Waals surface area contributed by atoms with E-state index in [2.05, 4.69) is 12.1 Å². The van der Waals surface area contributed by atoms with Gasteiger partial charge in [-0.25, -0.2) is 4.39 Å². The maximum absolute atomic E-state index is 12.9. The van der Waals surface area contributed by atoms with Gasteiger partial charge in [0.05, 0.1) is 12.6 Å². The number of rotatable bonds is 7. The summed E-state index contributed by atoms with van der Waals surface area (Å²) in [6.45, 7) is 3.44. The smallest absolute Gasteiger partial charge is 0.223 e. The summed E-state index contributed by atoms with van der Waals surface area (Å²) >= 11 is 1.59. The normalized spacial score (nSPS) is 16.7. The summed E-state index contributed by atoms with van der Waals surface area (Å²) in [6.07, 6.45) is 2.54. The van der Waals surface area contributed by atoms with Gasteiger partial charge in [0, 0.05) is 23.6 Å². The molecular formula is C21H24FNO2S. The second-order valence-electron chi connectivity index (χ2n) is 6.30. The molecule has 5 heteroatoms. The van der Waals surface area contributed by atoms with Gasteiger partial charge < -0.3 is 9.64 Å². The number of amides is 1. The van der Waals surface area contributed by atoms with E-state index in [1.807, 2.05) is 24.0 Å². The van der Waals surface area contributed by atoms with Gasteiger partial charge in [-0.3, -0.25) is 4.79 Å². The molecule has 138 valence electrons. The predicted octanol–water partition coefficient (Wildman–Crippen LogP) is 5.07. The quantitative estimate of drug-likeness (QED) is 0.635. The van der Waals surface area contributed by atoms with Crippen molar-refractivity contribution in [2.45, 2.75) is 37.1 Å². The maximum atomic E-state index is 12.9. The summed E-state index contributed by atoms with van der Waals surface area (Å²) in [5.74, 6) is 1.52. The van der Waals surface area contributed by atoms with Crippen molar-refractivity contribution in [1.29, 1.82) is 0 Å². The molecule has 0 radical (unpaired) electrons. The molecule has 0 saturated carbocycles. The molecule has 1 atom stereocenters. The number of likely N-dealkylation sites (tertiary alicyclic amines) is 1. The molecule has 26 heavy (non-hydrogen) atoms. The molecule has 0 spiro atoms. The lowest BCUT2D eigenvalue weighted by atomic mass is 10.0. The molecular weight excluding hydrogens is 349 g/mol. The Kier molecular flexibility index (Phi) is 6.56. The van der Waals surface area contributed by atoms with E-state index in [0.29, 0.717) is 18.8 Å². The van der Waals surface area contributed by atoms with Gasteiger partial charge in [-0.15, -0.1) is 11.8 Å². The third kappa shape index (κ3) is 4.79. The average molecular weight is 373 g/mol. The van der Waals surface area contributed by atoms with Crippen LogP contribution in [0, 0.1) is 5.82 Å². The first-order valence-corrected chi connectivity index (χ1v) is 10.1. The SMILES string of the molecule is CCOc1ccc(C2CCCN2C(=O)CCSc2ccc(F)cc2)cc1. The Bertz CT molecular complexity index is 718. The third-order valence-corrected chi connectivity index (χ3v) is 5.56. The Morgan fingerprint density at radius 2 is 1.92 bits per heavy atom. The van der Waals surface area contributed by atoms with Crippen LogP contribution in [0.4, 0.5) is 4.39 Å². The largest absolute Gasteiger partial charge is 0.494 e. The fraction of sp³-hybridized carbons (Fsp3) is 0.381. The number of nitrogens with zero attached hydrogens (tertiary/aromatic N) is 1. The molecule has 0 aromatic heterocycles. The minimum Gasteiger partial charge on any atom is -0.494 e. The minimum absolute atomic E-state index is 0.161. The monoisotopic (exact) mass is 373 g/mol. The summed E-state index contributed by atoms with van der Waals surface area (Å²) in [5.41, 5.74) is 1.17. The lowest BCUT2D eigenvalue weighted by Crippen LogP contribution is -2.30. The van der Waals surface area contributed by atoms with E-state index in [9.17, 15) is 9.18 Å². The van der Waals surface area contributed by atoms with Crippen LogP contribution in [0.15, 0.2) is 53.4 Å².